The molecule has 1 saturated heterocycles. The van der Waals surface area contributed by atoms with Crippen molar-refractivity contribution < 1.29 is 18.0 Å². The van der Waals surface area contributed by atoms with Crippen molar-refractivity contribution >= 4 is 17.5 Å². The van der Waals surface area contributed by atoms with Gasteiger partial charge in [-0.3, -0.25) is 9.69 Å². The number of nitrogens with zero attached hydrogens (tertiary/aromatic N) is 3. The summed E-state index contributed by atoms with van der Waals surface area (Å²) < 4.78 is 32.5. The molecule has 31 heavy (non-hydrogen) atoms. The van der Waals surface area contributed by atoms with Gasteiger partial charge in [0.15, 0.2) is 11.7 Å². The standard InChI is InChI=1S/C23H22ClF2N3O2/c24-17-3-1-16(2-4-17)15-28-9-11-29(12-10-28)23(30)8-7-22-27-14-21(31-22)19-6-5-18(25)13-20(19)26/h1-6,13-14H,7-12,15H2. The van der Waals surface area contributed by atoms with E-state index in [2.05, 4.69) is 9.88 Å². The van der Waals surface area contributed by atoms with Gasteiger partial charge in [-0.2, -0.15) is 0 Å². The van der Waals surface area contributed by atoms with Gasteiger partial charge in [-0.15, -0.1) is 0 Å². The number of carbonyl (C=O) groups is 1. The summed E-state index contributed by atoms with van der Waals surface area (Å²) in [4.78, 5) is 20.8. The lowest BCUT2D eigenvalue weighted by atomic mass is 10.2. The summed E-state index contributed by atoms with van der Waals surface area (Å²) in [5, 5.41) is 0.722. The van der Waals surface area contributed by atoms with Crippen LogP contribution in [-0.2, 0) is 17.8 Å². The molecule has 0 bridgehead atoms. The molecule has 3 aromatic rings. The molecule has 2 aromatic carbocycles. The Hall–Kier alpha value is -2.77. The number of aryl methyl sites for hydroxylation is 1. The number of oxazole rings is 1. The average molecular weight is 446 g/mol. The first-order chi connectivity index (χ1) is 15.0. The van der Waals surface area contributed by atoms with Crippen molar-refractivity contribution in [3.05, 3.63) is 76.8 Å². The number of amides is 1. The number of aromatic nitrogens is 1. The molecule has 162 valence electrons. The summed E-state index contributed by atoms with van der Waals surface area (Å²) >= 11 is 5.93. The Morgan fingerprint density at radius 3 is 2.52 bits per heavy atom. The lowest BCUT2D eigenvalue weighted by Crippen LogP contribution is -2.48. The fourth-order valence-electron chi connectivity index (χ4n) is 3.62. The van der Waals surface area contributed by atoms with Crippen LogP contribution in [0.4, 0.5) is 8.78 Å². The van der Waals surface area contributed by atoms with Crippen LogP contribution in [0.5, 0.6) is 0 Å². The number of piperazine rings is 1. The zero-order valence-electron chi connectivity index (χ0n) is 16.9. The van der Waals surface area contributed by atoms with Gasteiger partial charge in [-0.1, -0.05) is 23.7 Å². The average Bonchev–Trinajstić information content (AvgIpc) is 3.23. The number of benzene rings is 2. The van der Waals surface area contributed by atoms with Crippen LogP contribution in [-0.4, -0.2) is 46.9 Å². The highest BCUT2D eigenvalue weighted by atomic mass is 35.5. The van der Waals surface area contributed by atoms with Crippen LogP contribution in [0.25, 0.3) is 11.3 Å². The molecule has 8 heteroatoms. The van der Waals surface area contributed by atoms with E-state index in [0.717, 1.165) is 36.8 Å². The molecule has 0 radical (unpaired) electrons. The van der Waals surface area contributed by atoms with Gasteiger partial charge in [0.25, 0.3) is 0 Å². The van der Waals surface area contributed by atoms with E-state index in [0.29, 0.717) is 25.4 Å². The van der Waals surface area contributed by atoms with E-state index in [9.17, 15) is 13.6 Å². The summed E-state index contributed by atoms with van der Waals surface area (Å²) in [7, 11) is 0. The maximum atomic E-state index is 13.9. The topological polar surface area (TPSA) is 49.6 Å². The number of carbonyl (C=O) groups excluding carboxylic acids is 1. The molecule has 0 atom stereocenters. The van der Waals surface area contributed by atoms with Crippen LogP contribution in [0, 0.1) is 11.6 Å². The third-order valence-electron chi connectivity index (χ3n) is 5.35. The minimum Gasteiger partial charge on any atom is -0.441 e. The van der Waals surface area contributed by atoms with E-state index in [1.165, 1.54) is 17.8 Å². The molecular formula is C23H22ClF2N3O2. The number of halogens is 3. The van der Waals surface area contributed by atoms with Gasteiger partial charge >= 0.3 is 0 Å². The van der Waals surface area contributed by atoms with E-state index in [1.54, 1.807) is 0 Å². The van der Waals surface area contributed by atoms with Gasteiger partial charge in [-0.25, -0.2) is 13.8 Å². The molecule has 2 heterocycles. The molecular weight excluding hydrogens is 424 g/mol. The Labute approximate surface area is 184 Å². The summed E-state index contributed by atoms with van der Waals surface area (Å²) in [6.07, 6.45) is 1.99. The predicted octanol–water partition coefficient (Wildman–Crippen LogP) is 4.55. The second kappa shape index (κ2) is 9.58. The molecule has 1 aromatic heterocycles. The first kappa shape index (κ1) is 21.5. The van der Waals surface area contributed by atoms with Crippen molar-refractivity contribution in [1.82, 2.24) is 14.8 Å². The Balaban J connectivity index is 1.25. The number of hydrogen-bond acceptors (Lipinski definition) is 4. The summed E-state index contributed by atoms with van der Waals surface area (Å²) in [6, 6.07) is 11.1. The number of hydrogen-bond donors (Lipinski definition) is 0. The van der Waals surface area contributed by atoms with Crippen LogP contribution in [0.15, 0.2) is 53.1 Å². The normalized spacial score (nSPS) is 14.7. The van der Waals surface area contributed by atoms with Crippen molar-refractivity contribution in [1.29, 1.82) is 0 Å². The van der Waals surface area contributed by atoms with Gasteiger partial charge in [0, 0.05) is 56.7 Å². The Bertz CT molecular complexity index is 1050. The van der Waals surface area contributed by atoms with E-state index in [4.69, 9.17) is 16.0 Å². The van der Waals surface area contributed by atoms with Crippen LogP contribution in [0.1, 0.15) is 17.9 Å². The van der Waals surface area contributed by atoms with Crippen molar-refractivity contribution in [2.75, 3.05) is 26.2 Å². The number of rotatable bonds is 6. The van der Waals surface area contributed by atoms with Crippen LogP contribution in [0.3, 0.4) is 0 Å². The molecule has 0 saturated carbocycles. The molecule has 1 amide bonds. The summed E-state index contributed by atoms with van der Waals surface area (Å²) in [5.74, 6) is -0.752. The third-order valence-corrected chi connectivity index (χ3v) is 5.60. The van der Waals surface area contributed by atoms with E-state index in [1.807, 2.05) is 29.2 Å². The minimum absolute atomic E-state index is 0.0406. The monoisotopic (exact) mass is 445 g/mol. The first-order valence-corrected chi connectivity index (χ1v) is 10.5. The largest absolute Gasteiger partial charge is 0.441 e. The Kier molecular flexibility index (Phi) is 6.63. The molecule has 0 spiro atoms. The van der Waals surface area contributed by atoms with E-state index in [-0.39, 0.29) is 23.7 Å². The van der Waals surface area contributed by atoms with Crippen LogP contribution >= 0.6 is 11.6 Å². The maximum Gasteiger partial charge on any atom is 0.223 e. The fourth-order valence-corrected chi connectivity index (χ4v) is 3.74. The maximum absolute atomic E-state index is 13.9. The zero-order chi connectivity index (χ0) is 21.8. The lowest BCUT2D eigenvalue weighted by Gasteiger charge is -2.34. The zero-order valence-corrected chi connectivity index (χ0v) is 17.6. The summed E-state index contributed by atoms with van der Waals surface area (Å²) in [6.45, 7) is 3.79. The molecule has 4 rings (SSSR count). The quantitative estimate of drug-likeness (QED) is 0.558. The SMILES string of the molecule is O=C(CCc1ncc(-c2ccc(F)cc2F)o1)N1CCN(Cc2ccc(Cl)cc2)CC1. The second-order valence-corrected chi connectivity index (χ2v) is 7.96. The van der Waals surface area contributed by atoms with Crippen molar-refractivity contribution in [2.24, 2.45) is 0 Å². The lowest BCUT2D eigenvalue weighted by molar-refractivity contribution is -0.133. The van der Waals surface area contributed by atoms with Gasteiger partial charge < -0.3 is 9.32 Å². The highest BCUT2D eigenvalue weighted by molar-refractivity contribution is 6.30. The summed E-state index contributed by atoms with van der Waals surface area (Å²) in [5.41, 5.74) is 1.34. The highest BCUT2D eigenvalue weighted by Gasteiger charge is 2.21. The third kappa shape index (κ3) is 5.48. The van der Waals surface area contributed by atoms with Gasteiger partial charge in [0.1, 0.15) is 11.6 Å². The Morgan fingerprint density at radius 1 is 1.06 bits per heavy atom. The molecule has 0 N–H and O–H groups in total. The fraction of sp³-hybridized carbons (Fsp3) is 0.304. The van der Waals surface area contributed by atoms with Gasteiger partial charge in [-0.05, 0) is 29.8 Å². The first-order valence-electron chi connectivity index (χ1n) is 10.1. The van der Waals surface area contributed by atoms with E-state index < -0.39 is 11.6 Å². The molecule has 1 aliphatic rings. The molecule has 1 aliphatic heterocycles. The smallest absolute Gasteiger partial charge is 0.223 e. The molecule has 1 fully saturated rings. The molecule has 5 nitrogen and oxygen atoms in total. The van der Waals surface area contributed by atoms with Crippen LogP contribution < -0.4 is 0 Å². The highest BCUT2D eigenvalue weighted by Crippen LogP contribution is 2.24. The minimum atomic E-state index is -0.713. The van der Waals surface area contributed by atoms with Gasteiger partial charge in [0.2, 0.25) is 5.91 Å². The van der Waals surface area contributed by atoms with Crippen LogP contribution in [0.2, 0.25) is 5.02 Å². The molecule has 0 unspecified atom stereocenters. The molecule has 0 aliphatic carbocycles. The van der Waals surface area contributed by atoms with Gasteiger partial charge in [0.05, 0.1) is 11.8 Å². The van der Waals surface area contributed by atoms with Crippen molar-refractivity contribution in [3.8, 4) is 11.3 Å². The van der Waals surface area contributed by atoms with E-state index >= 15 is 0 Å². The second-order valence-electron chi connectivity index (χ2n) is 7.53. The predicted molar refractivity (Wildman–Crippen MR) is 113 cm³/mol. The Morgan fingerprint density at radius 2 is 1.81 bits per heavy atom. The van der Waals surface area contributed by atoms with Crippen molar-refractivity contribution in [2.45, 2.75) is 19.4 Å². The van der Waals surface area contributed by atoms with Crippen molar-refractivity contribution in [3.63, 3.8) is 0 Å².